The molecule has 1 aliphatic heterocycles. The first-order chi connectivity index (χ1) is 17.1. The van der Waals surface area contributed by atoms with Gasteiger partial charge in [0.25, 0.3) is 5.91 Å². The number of hydrogen-bond acceptors (Lipinski definition) is 6. The van der Waals surface area contributed by atoms with Crippen molar-refractivity contribution in [2.75, 3.05) is 11.9 Å². The van der Waals surface area contributed by atoms with Crippen molar-refractivity contribution >= 4 is 11.6 Å². The number of nitrogens with one attached hydrogen (secondary N) is 1. The molecule has 192 valence electrons. The van der Waals surface area contributed by atoms with E-state index in [0.717, 1.165) is 24.3 Å². The molecule has 12 heteroatoms. The van der Waals surface area contributed by atoms with E-state index in [0.29, 0.717) is 18.5 Å². The number of pyridine rings is 1. The first-order valence-corrected chi connectivity index (χ1v) is 11.2. The Kier molecular flexibility index (Phi) is 7.38. The van der Waals surface area contributed by atoms with Gasteiger partial charge in [-0.15, -0.1) is 0 Å². The molecule has 1 fully saturated rings. The number of aliphatic hydroxyl groups is 1. The van der Waals surface area contributed by atoms with E-state index in [-0.39, 0.29) is 23.6 Å². The Hall–Kier alpha value is -3.35. The third kappa shape index (κ3) is 5.11. The molecule has 0 radical (unpaired) electrons. The molecular formula is C24H25F4N5O3. The second kappa shape index (κ2) is 10.3. The van der Waals surface area contributed by atoms with Crippen LogP contribution in [0.2, 0.25) is 0 Å². The predicted octanol–water partition coefficient (Wildman–Crippen LogP) is 3.72. The number of benzene rings is 1. The van der Waals surface area contributed by atoms with Crippen molar-refractivity contribution in [1.29, 1.82) is 0 Å². The largest absolute Gasteiger partial charge is 0.389 e. The highest BCUT2D eigenvalue weighted by atomic mass is 19.1. The molecule has 4 atom stereocenters. The summed E-state index contributed by atoms with van der Waals surface area (Å²) >= 11 is 0. The molecular weight excluding hydrogens is 482 g/mol. The van der Waals surface area contributed by atoms with Crippen molar-refractivity contribution in [3.63, 3.8) is 0 Å². The van der Waals surface area contributed by atoms with Crippen LogP contribution < -0.4 is 11.1 Å². The highest BCUT2D eigenvalue weighted by Gasteiger charge is 2.30. The van der Waals surface area contributed by atoms with E-state index in [1.807, 2.05) is 0 Å². The predicted molar refractivity (Wildman–Crippen MR) is 122 cm³/mol. The van der Waals surface area contributed by atoms with Gasteiger partial charge in [-0.2, -0.15) is 5.10 Å². The lowest BCUT2D eigenvalue weighted by Crippen LogP contribution is -2.32. The summed E-state index contributed by atoms with van der Waals surface area (Å²) in [7, 11) is 1.63. The second-order valence-electron chi connectivity index (χ2n) is 8.66. The minimum Gasteiger partial charge on any atom is -0.389 e. The lowest BCUT2D eigenvalue weighted by molar-refractivity contribution is 0.0247. The third-order valence-corrected chi connectivity index (χ3v) is 6.08. The van der Waals surface area contributed by atoms with Crippen LogP contribution in [0.1, 0.15) is 53.7 Å². The summed E-state index contributed by atoms with van der Waals surface area (Å²) in [5.41, 5.74) is 4.71. The third-order valence-electron chi connectivity index (χ3n) is 6.08. The summed E-state index contributed by atoms with van der Waals surface area (Å²) in [5, 5.41) is 16.3. The van der Waals surface area contributed by atoms with Gasteiger partial charge in [-0.3, -0.25) is 9.48 Å². The van der Waals surface area contributed by atoms with Crippen LogP contribution in [0.25, 0.3) is 11.3 Å². The normalized spacial score (nSPS) is 21.2. The number of anilines is 1. The molecule has 4 rings (SSSR count). The van der Waals surface area contributed by atoms with Gasteiger partial charge in [0.05, 0.1) is 35.9 Å². The molecule has 3 heterocycles. The Labute approximate surface area is 204 Å². The topological polar surface area (TPSA) is 115 Å². The highest BCUT2D eigenvalue weighted by Crippen LogP contribution is 2.33. The van der Waals surface area contributed by atoms with Crippen LogP contribution in [0.4, 0.5) is 23.2 Å². The van der Waals surface area contributed by atoms with E-state index in [1.165, 1.54) is 17.8 Å². The quantitative estimate of drug-likeness (QED) is 0.454. The summed E-state index contributed by atoms with van der Waals surface area (Å²) in [6.07, 6.45) is -0.934. The molecule has 36 heavy (non-hydrogen) atoms. The average Bonchev–Trinajstić information content (AvgIpc) is 3.09. The molecule has 0 spiro atoms. The van der Waals surface area contributed by atoms with E-state index in [9.17, 15) is 27.5 Å². The number of nitrogens with two attached hydrogens (primary N) is 1. The van der Waals surface area contributed by atoms with E-state index in [4.69, 9.17) is 10.5 Å². The number of aromatic nitrogens is 3. The van der Waals surface area contributed by atoms with E-state index in [2.05, 4.69) is 15.4 Å². The Balaban J connectivity index is 1.63. The minimum atomic E-state index is -1.32. The molecule has 1 aromatic carbocycles. The number of alkyl halides is 1. The van der Waals surface area contributed by atoms with Gasteiger partial charge >= 0.3 is 0 Å². The molecule has 2 aromatic heterocycles. The van der Waals surface area contributed by atoms with Gasteiger partial charge in [0.15, 0.2) is 0 Å². The Morgan fingerprint density at radius 3 is 2.58 bits per heavy atom. The summed E-state index contributed by atoms with van der Waals surface area (Å²) in [5.74, 6) is -4.11. The molecule has 0 saturated carbocycles. The van der Waals surface area contributed by atoms with Crippen LogP contribution in [0.3, 0.4) is 0 Å². The lowest BCUT2D eigenvalue weighted by atomic mass is 10.0. The molecule has 1 aliphatic rings. The van der Waals surface area contributed by atoms with E-state index >= 15 is 0 Å². The molecule has 0 bridgehead atoms. The van der Waals surface area contributed by atoms with Gasteiger partial charge in [-0.25, -0.2) is 22.5 Å². The van der Waals surface area contributed by atoms with Crippen molar-refractivity contribution in [3.05, 3.63) is 64.9 Å². The van der Waals surface area contributed by atoms with Crippen LogP contribution >= 0.6 is 0 Å². The number of nitrogens with zero attached hydrogens (tertiary/aromatic N) is 3. The van der Waals surface area contributed by atoms with Crippen molar-refractivity contribution in [2.45, 2.75) is 44.2 Å². The number of hydrogen-bond donors (Lipinski definition) is 3. The number of amides is 1. The highest BCUT2D eigenvalue weighted by molar-refractivity contribution is 6.03. The molecule has 1 unspecified atom stereocenters. The minimum absolute atomic E-state index is 0.0343. The monoisotopic (exact) mass is 507 g/mol. The maximum absolute atomic E-state index is 14.6. The smallest absolute Gasteiger partial charge is 0.274 e. The van der Waals surface area contributed by atoms with Crippen LogP contribution in [0.15, 0.2) is 30.5 Å². The Morgan fingerprint density at radius 2 is 1.92 bits per heavy atom. The van der Waals surface area contributed by atoms with Crippen molar-refractivity contribution in [3.8, 4) is 11.3 Å². The van der Waals surface area contributed by atoms with Gasteiger partial charge in [0.1, 0.15) is 41.1 Å². The SMILES string of the molecule is CC(O)c1cc(F)c(-c2nc(C(=O)Nc3cnn(C)c3[C@@H]3CC[C@@H](N)[C@@H](F)CO3)ccc2F)c(F)c1. The number of carbonyl (C=O) groups is 1. The van der Waals surface area contributed by atoms with E-state index < -0.39 is 59.0 Å². The molecule has 0 aliphatic carbocycles. The number of ether oxygens (including phenoxy) is 1. The van der Waals surface area contributed by atoms with Gasteiger partial charge < -0.3 is 20.9 Å². The van der Waals surface area contributed by atoms with Crippen molar-refractivity contribution < 1.29 is 32.2 Å². The van der Waals surface area contributed by atoms with Gasteiger partial charge in [0, 0.05) is 13.1 Å². The summed E-state index contributed by atoms with van der Waals surface area (Å²) in [4.78, 5) is 16.8. The summed E-state index contributed by atoms with van der Waals surface area (Å²) in [6.45, 7) is 1.12. The van der Waals surface area contributed by atoms with Gasteiger partial charge in [-0.05, 0) is 49.6 Å². The summed E-state index contributed by atoms with van der Waals surface area (Å²) < 4.78 is 64.9. The zero-order valence-corrected chi connectivity index (χ0v) is 19.5. The van der Waals surface area contributed by atoms with Gasteiger partial charge in [0.2, 0.25) is 0 Å². The fourth-order valence-corrected chi connectivity index (χ4v) is 4.07. The number of halogens is 4. The average molecular weight is 507 g/mol. The zero-order valence-electron chi connectivity index (χ0n) is 19.5. The van der Waals surface area contributed by atoms with Gasteiger partial charge in [-0.1, -0.05) is 0 Å². The van der Waals surface area contributed by atoms with Crippen LogP contribution in [0, 0.1) is 17.5 Å². The molecule has 8 nitrogen and oxygen atoms in total. The standard InChI is InChI=1S/C24H25F4N5O3/c1-11(34)12-7-14(26)21(15(27)8-12)22-13(25)3-5-18(31-22)24(35)32-19-9-30-33(2)23(19)20-6-4-17(29)16(28)10-36-20/h3,5,7-9,11,16-17,20,34H,4,6,10,29H2,1-2H3,(H,32,35)/t11?,16-,17+,20-/m0/s1. The second-order valence-corrected chi connectivity index (χ2v) is 8.66. The fraction of sp³-hybridized carbons (Fsp3) is 0.375. The van der Waals surface area contributed by atoms with Crippen LogP contribution in [-0.2, 0) is 11.8 Å². The first-order valence-electron chi connectivity index (χ1n) is 11.2. The maximum atomic E-state index is 14.6. The zero-order chi connectivity index (χ0) is 26.1. The van der Waals surface area contributed by atoms with E-state index in [1.54, 1.807) is 7.05 Å². The van der Waals surface area contributed by atoms with Crippen molar-refractivity contribution in [1.82, 2.24) is 14.8 Å². The fourth-order valence-electron chi connectivity index (χ4n) is 4.07. The number of aliphatic hydroxyl groups excluding tert-OH is 1. The molecule has 1 saturated heterocycles. The van der Waals surface area contributed by atoms with Crippen LogP contribution in [-0.4, -0.2) is 44.6 Å². The Morgan fingerprint density at radius 1 is 1.22 bits per heavy atom. The lowest BCUT2D eigenvalue weighted by Gasteiger charge is -2.18. The molecule has 1 amide bonds. The molecule has 3 aromatic rings. The number of rotatable bonds is 5. The number of aryl methyl sites for hydroxylation is 1. The molecule has 4 N–H and O–H groups in total. The van der Waals surface area contributed by atoms with Crippen molar-refractivity contribution in [2.24, 2.45) is 12.8 Å². The summed E-state index contributed by atoms with van der Waals surface area (Å²) in [6, 6.07) is 3.02. The van der Waals surface area contributed by atoms with Crippen LogP contribution in [0.5, 0.6) is 0 Å². The Bertz CT molecular complexity index is 1250. The number of carbonyl (C=O) groups excluding carboxylic acids is 1. The first kappa shape index (κ1) is 25.7. The maximum Gasteiger partial charge on any atom is 0.274 e.